The number of hydrogen-bond acceptors (Lipinski definition) is 20. The van der Waals surface area contributed by atoms with Crippen molar-refractivity contribution in [2.45, 2.75) is 26.4 Å². The lowest BCUT2D eigenvalue weighted by molar-refractivity contribution is 0.0498. The maximum absolute atomic E-state index is 11.8. The van der Waals surface area contributed by atoms with Crippen molar-refractivity contribution in [3.63, 3.8) is 0 Å². The first-order chi connectivity index (χ1) is 22.9. The van der Waals surface area contributed by atoms with E-state index in [4.69, 9.17) is 14.3 Å². The second-order valence-electron chi connectivity index (χ2n) is 9.50. The smallest absolute Gasteiger partial charge is 0.303 e. The van der Waals surface area contributed by atoms with E-state index < -0.39 is 140 Å². The molecule has 0 aliphatic rings. The van der Waals surface area contributed by atoms with Gasteiger partial charge in [-0.2, -0.15) is 0 Å². The van der Waals surface area contributed by atoms with Gasteiger partial charge in [-0.3, -0.25) is 58.8 Å². The van der Waals surface area contributed by atoms with E-state index in [1.165, 1.54) is 20.8 Å². The summed E-state index contributed by atoms with van der Waals surface area (Å²) in [5.74, 6) is 0. The molecule has 0 saturated heterocycles. The number of rotatable bonds is 31. The molecule has 0 amide bonds. The highest BCUT2D eigenvalue weighted by Gasteiger charge is 2.30. The normalized spacial score (nSPS) is 20.0. The molecular weight excluding hydrogens is 857 g/mol. The molecule has 0 fully saturated rings. The lowest BCUT2D eigenvalue weighted by Crippen LogP contribution is -2.18. The Labute approximate surface area is 290 Å². The molecule has 8 N–H and O–H groups in total. The third-order valence-electron chi connectivity index (χ3n) is 3.95. The van der Waals surface area contributed by atoms with Crippen LogP contribution in [0.15, 0.2) is 0 Å². The van der Waals surface area contributed by atoms with Crippen molar-refractivity contribution >= 4 is 54.8 Å². The van der Waals surface area contributed by atoms with Crippen LogP contribution in [-0.2, 0) is 90.8 Å². The highest BCUT2D eigenvalue weighted by molar-refractivity contribution is 7.49. The molecule has 35 heteroatoms. The first-order valence-electron chi connectivity index (χ1n) is 13.4. The molecule has 0 radical (unpaired) electrons. The van der Waals surface area contributed by atoms with E-state index >= 15 is 0 Å². The molecule has 51 heavy (non-hydrogen) atoms. The topological polar surface area (TPSA) is 401 Å². The van der Waals surface area contributed by atoms with Crippen molar-refractivity contribution < 1.29 is 130 Å². The fraction of sp³-hybridized carbons (Fsp3) is 1.00. The Morgan fingerprint density at radius 3 is 0.627 bits per heavy atom. The molecule has 0 aliphatic carbocycles. The molecule has 0 saturated carbocycles. The van der Waals surface area contributed by atoms with Crippen LogP contribution in [0.2, 0.25) is 0 Å². The van der Waals surface area contributed by atoms with E-state index in [0.717, 1.165) is 0 Å². The van der Waals surface area contributed by atoms with Crippen LogP contribution in [0.5, 0.6) is 0 Å². The molecule has 6 unspecified atom stereocenters. The second-order valence-corrected chi connectivity index (χ2v) is 19.4. The second kappa shape index (κ2) is 23.1. The van der Waals surface area contributed by atoms with Crippen LogP contribution in [0, 0.1) is 0 Å². The molecule has 0 bridgehead atoms. The van der Waals surface area contributed by atoms with Crippen LogP contribution in [-0.4, -0.2) is 124 Å². The average Bonchev–Trinajstić information content (AvgIpc) is 2.93. The van der Waals surface area contributed by atoms with Gasteiger partial charge in [-0.25, -0.2) is 32.0 Å². The van der Waals surface area contributed by atoms with Crippen LogP contribution in [0.3, 0.4) is 0 Å². The van der Waals surface area contributed by atoms with Crippen LogP contribution in [0.4, 0.5) is 0 Å². The van der Waals surface area contributed by atoms with Gasteiger partial charge in [0.05, 0.1) is 84.9 Å². The van der Waals surface area contributed by atoms with Gasteiger partial charge in [0.15, 0.2) is 0 Å². The lowest BCUT2D eigenvalue weighted by atomic mass is 10.2. The molecular formula is C16H41O28P7. The standard InChI is InChI=1S/C16H41O28P7/c1-16(2,3)44-51(30,31)43-15-14-42-50(28,29)41-13-12-40-49(26,27)39-11-10-38-48(24,25)37-9-8-36-47(22,23)35-7-6-34-46(20,21)33-5-4-32-45(17,18)19/h4-15H2,1-3H3,(H,20,21)(H,22,23)(H,24,25)(H,26,27)(H,28,29)(H,30,31)(H2,17,18,19). The van der Waals surface area contributed by atoms with Gasteiger partial charge >= 0.3 is 54.8 Å². The van der Waals surface area contributed by atoms with E-state index in [-0.39, 0.29) is 0 Å². The summed E-state index contributed by atoms with van der Waals surface area (Å²) in [5.41, 5.74) is -1.02. The fourth-order valence-corrected chi connectivity index (χ4v) is 7.18. The number of hydrogen-bond donors (Lipinski definition) is 8. The minimum Gasteiger partial charge on any atom is -0.303 e. The first kappa shape index (κ1) is 51.8. The van der Waals surface area contributed by atoms with Crippen molar-refractivity contribution in [1.29, 1.82) is 0 Å². The van der Waals surface area contributed by atoms with Crippen LogP contribution >= 0.6 is 54.8 Å². The molecule has 0 aromatic rings. The van der Waals surface area contributed by atoms with Crippen molar-refractivity contribution in [3.05, 3.63) is 0 Å². The van der Waals surface area contributed by atoms with E-state index in [1.807, 2.05) is 0 Å². The van der Waals surface area contributed by atoms with E-state index in [0.29, 0.717) is 0 Å². The molecule has 28 nitrogen and oxygen atoms in total. The predicted molar refractivity (Wildman–Crippen MR) is 163 cm³/mol. The van der Waals surface area contributed by atoms with Gasteiger partial charge in [-0.1, -0.05) is 0 Å². The van der Waals surface area contributed by atoms with E-state index in [2.05, 4.69) is 54.3 Å². The summed E-state index contributed by atoms with van der Waals surface area (Å²) >= 11 is 0. The maximum atomic E-state index is 11.8. The van der Waals surface area contributed by atoms with Crippen molar-refractivity contribution in [2.75, 3.05) is 79.3 Å². The molecule has 0 aromatic heterocycles. The number of phosphoric acid groups is 7. The monoisotopic (exact) mass is 898 g/mol. The largest absolute Gasteiger partial charge is 0.472 e. The fourth-order valence-electron chi connectivity index (χ4n) is 2.39. The van der Waals surface area contributed by atoms with Crippen LogP contribution < -0.4 is 0 Å². The zero-order chi connectivity index (χ0) is 39.7. The SMILES string of the molecule is CC(C)(C)OP(=O)(O)OCCOP(=O)(O)OCCOP(=O)(O)OCCOP(=O)(O)OCCOP(=O)(O)OCCOP(=O)(O)OCCOP(=O)(O)O. The van der Waals surface area contributed by atoms with Gasteiger partial charge in [0.1, 0.15) is 0 Å². The summed E-state index contributed by atoms with van der Waals surface area (Å²) < 4.78 is 139. The summed E-state index contributed by atoms with van der Waals surface area (Å²) in [6, 6.07) is 0. The third kappa shape index (κ3) is 32.7. The van der Waals surface area contributed by atoms with Crippen molar-refractivity contribution in [1.82, 2.24) is 0 Å². The Kier molecular flexibility index (Phi) is 23.5. The predicted octanol–water partition coefficient (Wildman–Crippen LogP) is 1.70. The molecule has 0 aliphatic heterocycles. The minimum atomic E-state index is -4.87. The number of phosphoric ester groups is 7. The molecule has 0 aromatic carbocycles. The Morgan fingerprint density at radius 2 is 0.471 bits per heavy atom. The highest BCUT2D eigenvalue weighted by atomic mass is 31.2. The van der Waals surface area contributed by atoms with Crippen LogP contribution in [0.1, 0.15) is 20.8 Å². The van der Waals surface area contributed by atoms with E-state index in [9.17, 15) is 61.3 Å². The van der Waals surface area contributed by atoms with Crippen LogP contribution in [0.25, 0.3) is 0 Å². The zero-order valence-corrected chi connectivity index (χ0v) is 33.1. The maximum Gasteiger partial charge on any atom is 0.472 e. The Hall–Kier alpha value is 0.770. The summed E-state index contributed by atoms with van der Waals surface area (Å²) in [5, 5.41) is 0. The first-order valence-corrected chi connectivity index (χ1v) is 23.9. The Bertz CT molecular complexity index is 1360. The van der Waals surface area contributed by atoms with Gasteiger partial charge in [-0.05, 0) is 20.8 Å². The van der Waals surface area contributed by atoms with Gasteiger partial charge in [0.25, 0.3) is 0 Å². The van der Waals surface area contributed by atoms with Gasteiger partial charge < -0.3 is 39.1 Å². The molecule has 0 rings (SSSR count). The summed E-state index contributed by atoms with van der Waals surface area (Å²) in [4.78, 5) is 74.1. The highest BCUT2D eigenvalue weighted by Crippen LogP contribution is 2.50. The molecule has 308 valence electrons. The zero-order valence-electron chi connectivity index (χ0n) is 26.9. The van der Waals surface area contributed by atoms with Crippen molar-refractivity contribution in [3.8, 4) is 0 Å². The third-order valence-corrected chi connectivity index (χ3v) is 10.8. The summed E-state index contributed by atoms with van der Waals surface area (Å²) in [7, 11) is -33.4. The average molecular weight is 898 g/mol. The Morgan fingerprint density at radius 1 is 0.314 bits per heavy atom. The summed E-state index contributed by atoms with van der Waals surface area (Å²) in [6.45, 7) is -4.93. The van der Waals surface area contributed by atoms with Gasteiger partial charge in [0, 0.05) is 0 Å². The van der Waals surface area contributed by atoms with Gasteiger partial charge in [0.2, 0.25) is 0 Å². The minimum absolute atomic E-state index is 0.641. The quantitative estimate of drug-likeness (QED) is 0.0362. The molecule has 0 spiro atoms. The van der Waals surface area contributed by atoms with Gasteiger partial charge in [-0.15, -0.1) is 0 Å². The summed E-state index contributed by atoms with van der Waals surface area (Å²) in [6.07, 6.45) is 0. The van der Waals surface area contributed by atoms with Crippen molar-refractivity contribution in [2.24, 2.45) is 0 Å². The van der Waals surface area contributed by atoms with E-state index in [1.54, 1.807) is 0 Å². The Balaban J connectivity index is 4.17. The lowest BCUT2D eigenvalue weighted by Gasteiger charge is -2.22. The molecule has 6 atom stereocenters. The molecule has 0 heterocycles.